The van der Waals surface area contributed by atoms with Crippen molar-refractivity contribution < 1.29 is 9.90 Å². The molecule has 2 N–H and O–H groups in total. The highest BCUT2D eigenvalue weighted by Gasteiger charge is 2.16. The van der Waals surface area contributed by atoms with Crippen LogP contribution in [0.25, 0.3) is 0 Å². The van der Waals surface area contributed by atoms with Gasteiger partial charge in [0.1, 0.15) is 5.75 Å². The summed E-state index contributed by atoms with van der Waals surface area (Å²) in [4.78, 5) is 24.5. The first-order valence-electron chi connectivity index (χ1n) is 8.40. The van der Waals surface area contributed by atoms with E-state index in [1.807, 2.05) is 30.3 Å². The van der Waals surface area contributed by atoms with Crippen LogP contribution >= 0.6 is 0 Å². The lowest BCUT2D eigenvalue weighted by atomic mass is 10.1. The van der Waals surface area contributed by atoms with E-state index < -0.39 is 0 Å². The molecule has 1 aromatic heterocycles. The summed E-state index contributed by atoms with van der Waals surface area (Å²) >= 11 is 0. The van der Waals surface area contributed by atoms with Crippen molar-refractivity contribution in [3.8, 4) is 5.75 Å². The number of hydrogen-bond acceptors (Lipinski definition) is 3. The van der Waals surface area contributed by atoms with Gasteiger partial charge in [-0.3, -0.25) is 9.59 Å². The van der Waals surface area contributed by atoms with Gasteiger partial charge < -0.3 is 15.0 Å². The van der Waals surface area contributed by atoms with Gasteiger partial charge in [0.25, 0.3) is 5.56 Å². The molecular weight excluding hydrogens is 328 g/mol. The molecule has 2 aromatic carbocycles. The Morgan fingerprint density at radius 2 is 1.65 bits per heavy atom. The molecular formula is C21H20N2O3. The molecule has 1 amide bonds. The molecule has 0 saturated carbocycles. The number of phenols is 1. The molecule has 0 aliphatic rings. The van der Waals surface area contributed by atoms with E-state index in [4.69, 9.17) is 0 Å². The molecule has 0 aliphatic carbocycles. The van der Waals surface area contributed by atoms with Gasteiger partial charge in [-0.05, 0) is 17.7 Å². The lowest BCUT2D eigenvalue weighted by molar-refractivity contribution is -0.121. The number of rotatable bonds is 6. The Morgan fingerprint density at radius 3 is 2.38 bits per heavy atom. The van der Waals surface area contributed by atoms with Crippen molar-refractivity contribution in [1.29, 1.82) is 0 Å². The van der Waals surface area contributed by atoms with Crippen LogP contribution in [0.2, 0.25) is 0 Å². The number of benzene rings is 2. The first-order chi connectivity index (χ1) is 12.6. The van der Waals surface area contributed by atoms with Crippen LogP contribution in [0.1, 0.15) is 17.2 Å². The maximum Gasteiger partial charge on any atom is 0.250 e. The average Bonchev–Trinajstić information content (AvgIpc) is 2.65. The minimum Gasteiger partial charge on any atom is -0.508 e. The molecule has 132 valence electrons. The van der Waals surface area contributed by atoms with Gasteiger partial charge in [0.15, 0.2) is 0 Å². The molecule has 0 aliphatic heterocycles. The highest BCUT2D eigenvalue weighted by atomic mass is 16.3. The topological polar surface area (TPSA) is 71.3 Å². The van der Waals surface area contributed by atoms with E-state index in [0.29, 0.717) is 12.1 Å². The van der Waals surface area contributed by atoms with E-state index in [-0.39, 0.29) is 29.7 Å². The Hall–Kier alpha value is -3.34. The summed E-state index contributed by atoms with van der Waals surface area (Å²) in [7, 11) is 0. The molecule has 0 bridgehead atoms. The number of amides is 1. The standard InChI is InChI=1S/C21H20N2O3/c24-19-11-5-4-10-17(19)14-20(25)22-18(16-8-2-1-3-9-16)15-23-13-7-6-12-21(23)26/h1-13,18,24H,14-15H2,(H,22,25). The fourth-order valence-electron chi connectivity index (χ4n) is 2.81. The SMILES string of the molecule is O=C(Cc1ccccc1O)NC(Cn1ccccc1=O)c1ccccc1. The number of carbonyl (C=O) groups excluding carboxylic acids is 1. The Morgan fingerprint density at radius 1 is 0.962 bits per heavy atom. The maximum absolute atomic E-state index is 12.5. The van der Waals surface area contributed by atoms with Crippen molar-refractivity contribution in [2.75, 3.05) is 0 Å². The minimum atomic E-state index is -0.352. The van der Waals surface area contributed by atoms with Crippen molar-refractivity contribution >= 4 is 5.91 Å². The predicted octanol–water partition coefficient (Wildman–Crippen LogP) is 2.65. The number of nitrogens with one attached hydrogen (secondary N) is 1. The Bertz CT molecular complexity index is 935. The van der Waals surface area contributed by atoms with E-state index >= 15 is 0 Å². The highest BCUT2D eigenvalue weighted by Crippen LogP contribution is 2.18. The molecule has 0 fully saturated rings. The average molecular weight is 348 g/mol. The van der Waals surface area contributed by atoms with Gasteiger partial charge in [0.2, 0.25) is 5.91 Å². The summed E-state index contributed by atoms with van der Waals surface area (Å²) in [6.07, 6.45) is 1.77. The summed E-state index contributed by atoms with van der Waals surface area (Å²) in [6.45, 7) is 0.330. The predicted molar refractivity (Wildman–Crippen MR) is 99.8 cm³/mol. The van der Waals surface area contributed by atoms with Gasteiger partial charge in [0, 0.05) is 17.8 Å². The fourth-order valence-corrected chi connectivity index (χ4v) is 2.81. The van der Waals surface area contributed by atoms with Gasteiger partial charge in [-0.15, -0.1) is 0 Å². The van der Waals surface area contributed by atoms with E-state index in [9.17, 15) is 14.7 Å². The van der Waals surface area contributed by atoms with Gasteiger partial charge in [-0.2, -0.15) is 0 Å². The third-order valence-corrected chi connectivity index (χ3v) is 4.16. The number of aromatic hydroxyl groups is 1. The lowest BCUT2D eigenvalue weighted by Gasteiger charge is -2.20. The Kier molecular flexibility index (Phi) is 5.49. The summed E-state index contributed by atoms with van der Waals surface area (Å²) < 4.78 is 1.57. The Balaban J connectivity index is 1.80. The zero-order chi connectivity index (χ0) is 18.4. The molecule has 0 spiro atoms. The lowest BCUT2D eigenvalue weighted by Crippen LogP contribution is -2.34. The Labute approximate surface area is 151 Å². The van der Waals surface area contributed by atoms with Crippen molar-refractivity contribution in [3.05, 3.63) is 100 Å². The molecule has 26 heavy (non-hydrogen) atoms. The van der Waals surface area contributed by atoms with Gasteiger partial charge in [0.05, 0.1) is 19.0 Å². The molecule has 3 aromatic rings. The van der Waals surface area contributed by atoms with Crippen LogP contribution in [0.3, 0.4) is 0 Å². The second kappa shape index (κ2) is 8.16. The summed E-state index contributed by atoms with van der Waals surface area (Å²) in [6, 6.07) is 20.9. The molecule has 5 heteroatoms. The number of pyridine rings is 1. The highest BCUT2D eigenvalue weighted by molar-refractivity contribution is 5.79. The van der Waals surface area contributed by atoms with Crippen LogP contribution < -0.4 is 10.9 Å². The third kappa shape index (κ3) is 4.39. The number of aromatic nitrogens is 1. The first-order valence-corrected chi connectivity index (χ1v) is 8.40. The van der Waals surface area contributed by atoms with Crippen LogP contribution in [0.4, 0.5) is 0 Å². The van der Waals surface area contributed by atoms with Crippen LogP contribution in [-0.4, -0.2) is 15.6 Å². The van der Waals surface area contributed by atoms with Crippen LogP contribution in [0, 0.1) is 0 Å². The monoisotopic (exact) mass is 348 g/mol. The molecule has 1 heterocycles. The molecule has 1 atom stereocenters. The number of nitrogens with zero attached hydrogens (tertiary/aromatic N) is 1. The molecule has 0 radical (unpaired) electrons. The molecule has 5 nitrogen and oxygen atoms in total. The number of hydrogen-bond donors (Lipinski definition) is 2. The second-order valence-corrected chi connectivity index (χ2v) is 6.03. The molecule has 1 unspecified atom stereocenters. The largest absolute Gasteiger partial charge is 0.508 e. The number of phenolic OH excluding ortho intramolecular Hbond substituents is 1. The van der Waals surface area contributed by atoms with Crippen LogP contribution in [0.15, 0.2) is 83.8 Å². The fraction of sp³-hybridized carbons (Fsp3) is 0.143. The smallest absolute Gasteiger partial charge is 0.250 e. The summed E-state index contributed by atoms with van der Waals surface area (Å²) in [5.41, 5.74) is 1.35. The molecule has 3 rings (SSSR count). The minimum absolute atomic E-state index is 0.0691. The van der Waals surface area contributed by atoms with Crippen molar-refractivity contribution in [2.45, 2.75) is 19.0 Å². The zero-order valence-electron chi connectivity index (χ0n) is 14.2. The van der Waals surface area contributed by atoms with E-state index in [1.165, 1.54) is 6.07 Å². The van der Waals surface area contributed by atoms with E-state index in [0.717, 1.165) is 5.56 Å². The van der Waals surface area contributed by atoms with Crippen LogP contribution in [0.5, 0.6) is 5.75 Å². The van der Waals surface area contributed by atoms with Crippen molar-refractivity contribution in [3.63, 3.8) is 0 Å². The summed E-state index contributed by atoms with van der Waals surface area (Å²) in [5.74, 6) is -0.123. The number of carbonyl (C=O) groups is 1. The quantitative estimate of drug-likeness (QED) is 0.719. The van der Waals surface area contributed by atoms with Crippen molar-refractivity contribution in [1.82, 2.24) is 9.88 Å². The van der Waals surface area contributed by atoms with Crippen molar-refractivity contribution in [2.24, 2.45) is 0 Å². The third-order valence-electron chi connectivity index (χ3n) is 4.16. The maximum atomic E-state index is 12.5. The first kappa shape index (κ1) is 17.5. The number of para-hydroxylation sites is 1. The zero-order valence-corrected chi connectivity index (χ0v) is 14.2. The van der Waals surface area contributed by atoms with E-state index in [2.05, 4.69) is 5.32 Å². The van der Waals surface area contributed by atoms with Gasteiger partial charge >= 0.3 is 0 Å². The van der Waals surface area contributed by atoms with Crippen LogP contribution in [-0.2, 0) is 17.8 Å². The second-order valence-electron chi connectivity index (χ2n) is 6.03. The van der Waals surface area contributed by atoms with E-state index in [1.54, 1.807) is 47.2 Å². The molecule has 0 saturated heterocycles. The normalized spacial score (nSPS) is 11.7. The van der Waals surface area contributed by atoms with Gasteiger partial charge in [-0.25, -0.2) is 0 Å². The van der Waals surface area contributed by atoms with Gasteiger partial charge in [-0.1, -0.05) is 54.6 Å². The summed E-state index contributed by atoms with van der Waals surface area (Å²) in [5, 5.41) is 12.8.